The molecule has 0 bridgehead atoms. The van der Waals surface area contributed by atoms with E-state index in [2.05, 4.69) is 6.07 Å². The highest BCUT2D eigenvalue weighted by atomic mass is 16.3. The largest absolute Gasteiger partial charge is 0.507 e. The van der Waals surface area contributed by atoms with Crippen molar-refractivity contribution >= 4 is 5.71 Å². The number of phenolic OH excluding ortho intramolecular Hbond substituents is 1. The Bertz CT molecular complexity index is 544. The van der Waals surface area contributed by atoms with Crippen molar-refractivity contribution in [1.29, 1.82) is 5.26 Å². The summed E-state index contributed by atoms with van der Waals surface area (Å²) in [5.41, 5.74) is 1.17. The first kappa shape index (κ1) is 11.3. The Hall–Kier alpha value is -1.82. The third-order valence-corrected chi connectivity index (χ3v) is 4.26. The predicted octanol–water partition coefficient (Wildman–Crippen LogP) is 3.04. The molecule has 92 valence electrons. The molecule has 0 saturated heterocycles. The summed E-state index contributed by atoms with van der Waals surface area (Å²) >= 11 is 0. The number of benzene rings is 1. The molecule has 1 heterocycles. The Morgan fingerprint density at radius 2 is 2.17 bits per heavy atom. The lowest BCUT2D eigenvalue weighted by molar-refractivity contribution is 0.364. The minimum atomic E-state index is -0.518. The molecule has 1 aliphatic heterocycles. The van der Waals surface area contributed by atoms with Crippen LogP contribution in [-0.4, -0.2) is 16.4 Å². The van der Waals surface area contributed by atoms with Crippen LogP contribution in [0.1, 0.15) is 37.7 Å². The van der Waals surface area contributed by atoms with Crippen molar-refractivity contribution in [3.8, 4) is 11.8 Å². The monoisotopic (exact) mass is 240 g/mol. The van der Waals surface area contributed by atoms with Crippen LogP contribution < -0.4 is 0 Å². The van der Waals surface area contributed by atoms with Crippen molar-refractivity contribution < 1.29 is 5.11 Å². The molecule has 1 saturated carbocycles. The average molecular weight is 240 g/mol. The van der Waals surface area contributed by atoms with Gasteiger partial charge in [0.05, 0.1) is 6.07 Å². The molecule has 0 spiro atoms. The van der Waals surface area contributed by atoms with E-state index in [4.69, 9.17) is 4.99 Å². The summed E-state index contributed by atoms with van der Waals surface area (Å²) in [5, 5.41) is 19.4. The molecule has 3 rings (SSSR count). The van der Waals surface area contributed by atoms with E-state index in [1.54, 1.807) is 12.1 Å². The van der Waals surface area contributed by atoms with Gasteiger partial charge in [0.15, 0.2) is 0 Å². The summed E-state index contributed by atoms with van der Waals surface area (Å²) in [6.07, 6.45) is 4.96. The van der Waals surface area contributed by atoms with Gasteiger partial charge < -0.3 is 5.11 Å². The highest BCUT2D eigenvalue weighted by Gasteiger charge is 2.45. The second-order valence-electron chi connectivity index (χ2n) is 5.24. The minimum absolute atomic E-state index is 0.265. The first-order valence-corrected chi connectivity index (χ1v) is 6.53. The molecule has 0 amide bonds. The quantitative estimate of drug-likeness (QED) is 0.820. The number of aliphatic imine (C=N–C) groups is 1. The number of rotatable bonds is 1. The molecular weight excluding hydrogens is 224 g/mol. The summed E-state index contributed by atoms with van der Waals surface area (Å²) in [6, 6.07) is 9.70. The molecule has 2 atom stereocenters. The van der Waals surface area contributed by atoms with Crippen LogP contribution in [0.4, 0.5) is 0 Å². The van der Waals surface area contributed by atoms with E-state index in [1.165, 1.54) is 0 Å². The van der Waals surface area contributed by atoms with E-state index in [1.807, 2.05) is 12.1 Å². The summed E-state index contributed by atoms with van der Waals surface area (Å²) in [6.45, 7) is 0. The van der Waals surface area contributed by atoms with Gasteiger partial charge in [-0.15, -0.1) is 0 Å². The Morgan fingerprint density at radius 3 is 2.94 bits per heavy atom. The zero-order valence-corrected chi connectivity index (χ0v) is 10.3. The smallest absolute Gasteiger partial charge is 0.150 e. The molecule has 18 heavy (non-hydrogen) atoms. The van der Waals surface area contributed by atoms with Crippen LogP contribution in [0.3, 0.4) is 0 Å². The van der Waals surface area contributed by atoms with E-state index in [9.17, 15) is 10.4 Å². The number of nitriles is 1. The lowest BCUT2D eigenvalue weighted by atomic mass is 9.81. The number of fused-ring (bicyclic) bond motifs is 1. The molecule has 1 fully saturated rings. The molecule has 1 aromatic carbocycles. The minimum Gasteiger partial charge on any atom is -0.507 e. The Kier molecular flexibility index (Phi) is 2.59. The Labute approximate surface area is 107 Å². The molecule has 1 N–H and O–H groups in total. The maximum atomic E-state index is 9.90. The number of hydrogen-bond acceptors (Lipinski definition) is 3. The van der Waals surface area contributed by atoms with E-state index in [0.29, 0.717) is 5.92 Å². The molecule has 2 aliphatic rings. The van der Waals surface area contributed by atoms with Crippen LogP contribution in [0.25, 0.3) is 0 Å². The number of phenols is 1. The van der Waals surface area contributed by atoms with Gasteiger partial charge in [-0.3, -0.25) is 4.99 Å². The van der Waals surface area contributed by atoms with Crippen molar-refractivity contribution in [2.75, 3.05) is 0 Å². The number of nitrogens with zero attached hydrogens (tertiary/aromatic N) is 2. The molecule has 3 nitrogen and oxygen atoms in total. The van der Waals surface area contributed by atoms with Gasteiger partial charge in [0.25, 0.3) is 0 Å². The summed E-state index contributed by atoms with van der Waals surface area (Å²) in [7, 11) is 0. The average Bonchev–Trinajstić information content (AvgIpc) is 2.82. The number of hydrogen-bond donors (Lipinski definition) is 1. The molecule has 1 aromatic rings. The van der Waals surface area contributed by atoms with Gasteiger partial charge in [0, 0.05) is 11.3 Å². The SMILES string of the molecule is N#C[C@@]12CCC[C@H]1CCC(c1ccccc1O)=N2. The molecule has 1 aliphatic carbocycles. The highest BCUT2D eigenvalue weighted by Crippen LogP contribution is 2.45. The van der Waals surface area contributed by atoms with E-state index >= 15 is 0 Å². The zero-order valence-electron chi connectivity index (χ0n) is 10.3. The van der Waals surface area contributed by atoms with Crippen LogP contribution in [0.5, 0.6) is 5.75 Å². The third kappa shape index (κ3) is 1.60. The van der Waals surface area contributed by atoms with E-state index in [0.717, 1.165) is 43.4 Å². The van der Waals surface area contributed by atoms with Crippen LogP contribution in [0, 0.1) is 17.2 Å². The van der Waals surface area contributed by atoms with Crippen LogP contribution in [0.2, 0.25) is 0 Å². The van der Waals surface area contributed by atoms with Crippen molar-refractivity contribution in [1.82, 2.24) is 0 Å². The molecule has 0 radical (unpaired) electrons. The van der Waals surface area contributed by atoms with Crippen molar-refractivity contribution in [2.45, 2.75) is 37.6 Å². The molecule has 0 aromatic heterocycles. The Balaban J connectivity index is 2.05. The lowest BCUT2D eigenvalue weighted by Gasteiger charge is -2.30. The van der Waals surface area contributed by atoms with Crippen molar-refractivity contribution in [2.24, 2.45) is 10.9 Å². The van der Waals surface area contributed by atoms with Gasteiger partial charge in [-0.2, -0.15) is 5.26 Å². The second kappa shape index (κ2) is 4.13. The first-order valence-electron chi connectivity index (χ1n) is 6.53. The van der Waals surface area contributed by atoms with Gasteiger partial charge in [-0.1, -0.05) is 12.1 Å². The Morgan fingerprint density at radius 1 is 1.33 bits per heavy atom. The third-order valence-electron chi connectivity index (χ3n) is 4.26. The zero-order chi connectivity index (χ0) is 12.6. The van der Waals surface area contributed by atoms with E-state index in [-0.39, 0.29) is 5.75 Å². The number of para-hydroxylation sites is 1. The summed E-state index contributed by atoms with van der Waals surface area (Å²) in [5.74, 6) is 0.679. The molecule has 0 unspecified atom stereocenters. The van der Waals surface area contributed by atoms with Gasteiger partial charge >= 0.3 is 0 Å². The van der Waals surface area contributed by atoms with Crippen LogP contribution >= 0.6 is 0 Å². The summed E-state index contributed by atoms with van der Waals surface area (Å²) in [4.78, 5) is 4.72. The topological polar surface area (TPSA) is 56.4 Å². The first-order chi connectivity index (χ1) is 8.75. The lowest BCUT2D eigenvalue weighted by Crippen LogP contribution is -2.35. The summed E-state index contributed by atoms with van der Waals surface area (Å²) < 4.78 is 0. The normalized spacial score (nSPS) is 30.4. The van der Waals surface area contributed by atoms with Gasteiger partial charge in [0.2, 0.25) is 0 Å². The maximum Gasteiger partial charge on any atom is 0.150 e. The van der Waals surface area contributed by atoms with Gasteiger partial charge in [-0.05, 0) is 50.2 Å². The second-order valence-corrected chi connectivity index (χ2v) is 5.24. The maximum absolute atomic E-state index is 9.90. The fourth-order valence-corrected chi connectivity index (χ4v) is 3.28. The van der Waals surface area contributed by atoms with Crippen LogP contribution in [0.15, 0.2) is 29.3 Å². The van der Waals surface area contributed by atoms with Crippen molar-refractivity contribution in [3.05, 3.63) is 29.8 Å². The van der Waals surface area contributed by atoms with Gasteiger partial charge in [-0.25, -0.2) is 0 Å². The van der Waals surface area contributed by atoms with E-state index < -0.39 is 5.54 Å². The highest BCUT2D eigenvalue weighted by molar-refractivity contribution is 6.03. The van der Waals surface area contributed by atoms with Gasteiger partial charge in [0.1, 0.15) is 11.3 Å². The molecule has 3 heteroatoms. The van der Waals surface area contributed by atoms with Crippen LogP contribution in [-0.2, 0) is 0 Å². The fraction of sp³-hybridized carbons (Fsp3) is 0.467. The predicted molar refractivity (Wildman–Crippen MR) is 69.6 cm³/mol. The van der Waals surface area contributed by atoms with Crippen molar-refractivity contribution in [3.63, 3.8) is 0 Å². The number of aromatic hydroxyl groups is 1. The fourth-order valence-electron chi connectivity index (χ4n) is 3.28. The standard InChI is InChI=1S/C15H16N2O/c16-10-15-9-3-4-11(15)7-8-13(17-15)12-5-1-2-6-14(12)18/h1-2,5-6,11,18H,3-4,7-9H2/t11-,15-/m0/s1. The molecular formula is C15H16N2O.